The van der Waals surface area contributed by atoms with E-state index >= 15 is 0 Å². The molecule has 1 unspecified atom stereocenters. The lowest BCUT2D eigenvalue weighted by molar-refractivity contribution is -0.0797. The second kappa shape index (κ2) is 11.8. The maximum Gasteiger partial charge on any atom is 0.407 e. The van der Waals surface area contributed by atoms with Crippen molar-refractivity contribution < 1.29 is 18.7 Å². The summed E-state index contributed by atoms with van der Waals surface area (Å²) in [6, 6.07) is 7.60. The van der Waals surface area contributed by atoms with Crippen molar-refractivity contribution in [3.8, 4) is 22.9 Å². The Morgan fingerprint density at radius 1 is 1.04 bits per heavy atom. The second-order valence-electron chi connectivity index (χ2n) is 15.8. The van der Waals surface area contributed by atoms with Crippen molar-refractivity contribution in [2.24, 2.45) is 17.3 Å². The number of aromatic nitrogens is 5. The van der Waals surface area contributed by atoms with E-state index in [1.807, 2.05) is 6.07 Å². The number of likely N-dealkylation sites (tertiary alicyclic amines) is 2. The van der Waals surface area contributed by atoms with E-state index in [1.54, 1.807) is 12.3 Å². The van der Waals surface area contributed by atoms with Crippen LogP contribution >= 0.6 is 0 Å². The highest BCUT2D eigenvalue weighted by Gasteiger charge is 2.55. The lowest BCUT2D eigenvalue weighted by atomic mass is 9.68. The van der Waals surface area contributed by atoms with E-state index < -0.39 is 0 Å². The predicted molar refractivity (Wildman–Crippen MR) is 179 cm³/mol. The average Bonchev–Trinajstić information content (AvgIpc) is 3.51. The Morgan fingerprint density at radius 3 is 2.67 bits per heavy atom. The number of hydrogen-bond acceptors (Lipinski definition) is 11. The number of nitrogens with zero attached hydrogens (tertiary/aromatic N) is 8. The summed E-state index contributed by atoms with van der Waals surface area (Å²) in [5.41, 5.74) is 2.15. The van der Waals surface area contributed by atoms with Crippen molar-refractivity contribution in [2.75, 3.05) is 50.7 Å². The maximum absolute atomic E-state index is 14.6. The van der Waals surface area contributed by atoms with Crippen LogP contribution < -0.4 is 15.0 Å². The molecule has 0 bridgehead atoms. The Balaban J connectivity index is 0.857. The second-order valence-corrected chi connectivity index (χ2v) is 15.8. The van der Waals surface area contributed by atoms with Crippen molar-refractivity contribution in [1.29, 1.82) is 0 Å². The Hall–Kier alpha value is -3.97. The molecule has 49 heavy (non-hydrogen) atoms. The number of rotatable bonds is 9. The van der Waals surface area contributed by atoms with Gasteiger partial charge in [0.2, 0.25) is 0 Å². The van der Waals surface area contributed by atoms with Crippen LogP contribution in [0.2, 0.25) is 0 Å². The van der Waals surface area contributed by atoms with Crippen LogP contribution in [0, 0.1) is 23.1 Å². The smallest absolute Gasteiger partial charge is 0.407 e. The Labute approximate surface area is 285 Å². The molecule has 1 aromatic carbocycles. The molecule has 258 valence electrons. The molecular weight excluding hydrogens is 625 g/mol. The zero-order chi connectivity index (χ0) is 33.3. The zero-order valence-electron chi connectivity index (χ0n) is 28.2. The molecule has 1 N–H and O–H groups in total. The van der Waals surface area contributed by atoms with E-state index in [-0.39, 0.29) is 22.9 Å². The van der Waals surface area contributed by atoms with Crippen molar-refractivity contribution in [2.45, 2.75) is 76.0 Å². The van der Waals surface area contributed by atoms with Gasteiger partial charge in [-0.25, -0.2) is 14.2 Å². The minimum absolute atomic E-state index is 0.207. The number of ether oxygens (including phenoxy) is 2. The quantitative estimate of drug-likeness (QED) is 0.343. The lowest BCUT2D eigenvalue weighted by Crippen LogP contribution is -2.65. The van der Waals surface area contributed by atoms with E-state index in [2.05, 4.69) is 59.2 Å². The van der Waals surface area contributed by atoms with Gasteiger partial charge in [0.1, 0.15) is 29.2 Å². The third-order valence-electron chi connectivity index (χ3n) is 12.0. The normalized spacial score (nSPS) is 28.5. The fourth-order valence-corrected chi connectivity index (χ4v) is 9.48. The molecule has 9 rings (SSSR count). The van der Waals surface area contributed by atoms with E-state index in [4.69, 9.17) is 9.47 Å². The standard InChI is InChI=1S/C36H44FN9O3/c1-22(2)31(24-13-26(14-24)44-12-9-36(20-44)16-38-34(47)49-36)46-18-35(19-46)8-11-45(17-35)32-33(43-41-21-39-32)48-29-6-5-25(37)15-28(29)30-27(23-3-4-23)7-10-40-42-30/h5-7,10,15,21-24,26,31H,3-4,8-9,11-14,16-20H2,1-2H3,(H,38,47)/t24?,26?,31-,36?/m1/s1. The predicted octanol–water partition coefficient (Wildman–Crippen LogP) is 4.64. The highest BCUT2D eigenvalue weighted by atomic mass is 19.1. The minimum Gasteiger partial charge on any atom is -0.440 e. The van der Waals surface area contributed by atoms with Gasteiger partial charge in [-0.3, -0.25) is 9.80 Å². The number of carbonyl (C=O) groups excluding carboxylic acids is 1. The Morgan fingerprint density at radius 2 is 1.90 bits per heavy atom. The van der Waals surface area contributed by atoms with Crippen LogP contribution in [-0.4, -0.2) is 105 Å². The SMILES string of the molecule is CC(C)[C@H](C1CC(N2CCC3(CNC(=O)O3)C2)C1)N1CC2(CCN(c3ncnnc3Oc3ccc(F)cc3-c3nnccc3C3CC3)C2)C1. The van der Waals surface area contributed by atoms with Crippen molar-refractivity contribution in [1.82, 2.24) is 40.5 Å². The van der Waals surface area contributed by atoms with Gasteiger partial charge < -0.3 is 19.7 Å². The van der Waals surface area contributed by atoms with E-state index in [9.17, 15) is 9.18 Å². The van der Waals surface area contributed by atoms with Crippen LogP contribution in [0.15, 0.2) is 36.8 Å². The summed E-state index contributed by atoms with van der Waals surface area (Å²) >= 11 is 0. The first-order valence-corrected chi connectivity index (χ1v) is 17.9. The van der Waals surface area contributed by atoms with Crippen LogP contribution in [0.1, 0.15) is 63.9 Å². The van der Waals surface area contributed by atoms with Gasteiger partial charge >= 0.3 is 6.09 Å². The number of nitrogens with one attached hydrogen (secondary N) is 1. The molecular formula is C36H44FN9O3. The summed E-state index contributed by atoms with van der Waals surface area (Å²) < 4.78 is 26.7. The first kappa shape index (κ1) is 31.0. The van der Waals surface area contributed by atoms with Gasteiger partial charge in [-0.15, -0.1) is 10.2 Å². The molecule has 2 atom stereocenters. The third kappa shape index (κ3) is 5.68. The maximum atomic E-state index is 14.6. The van der Waals surface area contributed by atoms with Crippen molar-refractivity contribution >= 4 is 11.9 Å². The molecule has 2 aliphatic carbocycles. The average molecular weight is 670 g/mol. The molecule has 4 saturated heterocycles. The fourth-order valence-electron chi connectivity index (χ4n) is 9.48. The van der Waals surface area contributed by atoms with E-state index in [0.29, 0.717) is 65.1 Å². The summed E-state index contributed by atoms with van der Waals surface area (Å²) in [6.45, 7) is 11.1. The molecule has 4 aliphatic heterocycles. The number of anilines is 1. The molecule has 6 aliphatic rings. The number of carbonyl (C=O) groups is 1. The largest absolute Gasteiger partial charge is 0.440 e. The van der Waals surface area contributed by atoms with Gasteiger partial charge in [0.15, 0.2) is 5.82 Å². The molecule has 1 amide bonds. The van der Waals surface area contributed by atoms with Gasteiger partial charge in [0.05, 0.1) is 6.54 Å². The third-order valence-corrected chi connectivity index (χ3v) is 12.0. The zero-order valence-corrected chi connectivity index (χ0v) is 28.2. The number of alkyl carbamates (subject to hydrolysis) is 1. The number of benzene rings is 1. The molecule has 0 radical (unpaired) electrons. The molecule has 6 heterocycles. The van der Waals surface area contributed by atoms with Crippen molar-refractivity contribution in [3.05, 3.63) is 48.2 Å². The monoisotopic (exact) mass is 669 g/mol. The van der Waals surface area contributed by atoms with E-state index in [1.165, 1.54) is 31.3 Å². The topological polar surface area (TPSA) is 122 Å². The summed E-state index contributed by atoms with van der Waals surface area (Å²) in [5.74, 6) is 2.75. The minimum atomic E-state index is -0.362. The number of halogens is 1. The molecule has 2 spiro atoms. The molecule has 6 fully saturated rings. The van der Waals surface area contributed by atoms with Crippen LogP contribution in [0.4, 0.5) is 15.0 Å². The van der Waals surface area contributed by atoms with Crippen molar-refractivity contribution in [3.63, 3.8) is 0 Å². The molecule has 2 aromatic heterocycles. The first-order valence-electron chi connectivity index (χ1n) is 17.9. The molecule has 3 aromatic rings. The summed E-state index contributed by atoms with van der Waals surface area (Å²) in [5, 5.41) is 19.8. The highest BCUT2D eigenvalue weighted by Crippen LogP contribution is 2.49. The Bertz CT molecular complexity index is 1740. The Kier molecular flexibility index (Phi) is 7.49. The van der Waals surface area contributed by atoms with Gasteiger partial charge in [0.25, 0.3) is 5.88 Å². The van der Waals surface area contributed by atoms with Crippen LogP contribution in [0.25, 0.3) is 11.3 Å². The van der Waals surface area contributed by atoms with Gasteiger partial charge in [0, 0.05) is 74.9 Å². The van der Waals surface area contributed by atoms with Gasteiger partial charge in [-0.2, -0.15) is 10.2 Å². The van der Waals surface area contributed by atoms with Crippen LogP contribution in [0.3, 0.4) is 0 Å². The summed E-state index contributed by atoms with van der Waals surface area (Å²) in [4.78, 5) is 23.9. The van der Waals surface area contributed by atoms with Gasteiger partial charge in [-0.05, 0) is 79.7 Å². The molecule has 12 nitrogen and oxygen atoms in total. The summed E-state index contributed by atoms with van der Waals surface area (Å²) in [7, 11) is 0. The summed E-state index contributed by atoms with van der Waals surface area (Å²) in [6.07, 6.45) is 9.51. The van der Waals surface area contributed by atoms with Crippen LogP contribution in [-0.2, 0) is 4.74 Å². The van der Waals surface area contributed by atoms with Gasteiger partial charge in [-0.1, -0.05) is 13.8 Å². The molecule has 2 saturated carbocycles. The van der Waals surface area contributed by atoms with E-state index in [0.717, 1.165) is 70.5 Å². The van der Waals surface area contributed by atoms with Crippen LogP contribution in [0.5, 0.6) is 11.6 Å². The fraction of sp³-hybridized carbons (Fsp3) is 0.611. The first-order chi connectivity index (χ1) is 23.8. The number of hydrogen-bond donors (Lipinski definition) is 1. The molecule has 13 heteroatoms. The highest BCUT2D eigenvalue weighted by molar-refractivity contribution is 5.72. The lowest BCUT2D eigenvalue weighted by Gasteiger charge is -2.57. The number of amides is 1.